The van der Waals surface area contributed by atoms with Crippen molar-refractivity contribution < 1.29 is 27.9 Å². The third-order valence-electron chi connectivity index (χ3n) is 8.72. The van der Waals surface area contributed by atoms with Crippen molar-refractivity contribution in [2.24, 2.45) is 11.3 Å². The van der Waals surface area contributed by atoms with Gasteiger partial charge in [-0.05, 0) is 49.3 Å². The Balaban J connectivity index is 1.27. The summed E-state index contributed by atoms with van der Waals surface area (Å²) in [5.74, 6) is -2.61. The molecule has 1 aromatic rings. The fraction of sp³-hybridized carbons (Fsp3) is 0.704. The van der Waals surface area contributed by atoms with Gasteiger partial charge in [0, 0.05) is 71.0 Å². The highest BCUT2D eigenvalue weighted by molar-refractivity contribution is 6.34. The molecule has 212 valence electrons. The molecular formula is C27H38ClF3N4O3. The lowest BCUT2D eigenvalue weighted by atomic mass is 9.70. The predicted octanol–water partition coefficient (Wildman–Crippen LogP) is 3.88. The number of piperidine rings is 2. The number of carbonyl (C=O) groups is 2. The monoisotopic (exact) mass is 558 g/mol. The summed E-state index contributed by atoms with van der Waals surface area (Å²) in [5.41, 5.74) is -1.82. The van der Waals surface area contributed by atoms with E-state index in [2.05, 4.69) is 9.80 Å². The van der Waals surface area contributed by atoms with Gasteiger partial charge in [-0.25, -0.2) is 0 Å². The number of halogens is 4. The summed E-state index contributed by atoms with van der Waals surface area (Å²) in [6, 6.07) is 6.01. The number of likely N-dealkylation sites (tertiary alicyclic amines) is 2. The topological polar surface area (TPSA) is 67.3 Å². The van der Waals surface area contributed by atoms with Crippen LogP contribution in [0.3, 0.4) is 0 Å². The lowest BCUT2D eigenvalue weighted by molar-refractivity contribution is -0.270. The summed E-state index contributed by atoms with van der Waals surface area (Å²) in [5, 5.41) is 10.7. The number of benzene rings is 1. The van der Waals surface area contributed by atoms with Crippen molar-refractivity contribution in [3.05, 3.63) is 28.8 Å². The van der Waals surface area contributed by atoms with Crippen molar-refractivity contribution in [1.29, 1.82) is 0 Å². The molecule has 4 rings (SSSR count). The van der Waals surface area contributed by atoms with E-state index in [0.717, 1.165) is 44.7 Å². The maximum Gasteiger partial charge on any atom is 0.426 e. The average molecular weight is 559 g/mol. The summed E-state index contributed by atoms with van der Waals surface area (Å²) in [7, 11) is 3.39. The minimum absolute atomic E-state index is 0.0322. The number of rotatable bonds is 5. The molecule has 0 aromatic heterocycles. The zero-order valence-electron chi connectivity index (χ0n) is 22.5. The lowest BCUT2D eigenvalue weighted by Crippen LogP contribution is -2.67. The average Bonchev–Trinajstić information content (AvgIpc) is 2.85. The summed E-state index contributed by atoms with van der Waals surface area (Å²) < 4.78 is 40.7. The molecule has 3 aliphatic rings. The van der Waals surface area contributed by atoms with Gasteiger partial charge in [0.2, 0.25) is 5.60 Å². The van der Waals surface area contributed by atoms with Crippen LogP contribution in [0.4, 0.5) is 18.9 Å². The van der Waals surface area contributed by atoms with Crippen LogP contribution in [-0.2, 0) is 4.79 Å². The van der Waals surface area contributed by atoms with Gasteiger partial charge in [0.15, 0.2) is 0 Å². The Labute approximate surface area is 227 Å². The van der Waals surface area contributed by atoms with Gasteiger partial charge in [-0.3, -0.25) is 14.5 Å². The first kappa shape index (κ1) is 29.0. The zero-order valence-corrected chi connectivity index (χ0v) is 23.3. The first-order valence-electron chi connectivity index (χ1n) is 13.3. The van der Waals surface area contributed by atoms with Crippen molar-refractivity contribution in [1.82, 2.24) is 14.7 Å². The van der Waals surface area contributed by atoms with Crippen LogP contribution in [0, 0.1) is 11.3 Å². The molecule has 38 heavy (non-hydrogen) atoms. The summed E-state index contributed by atoms with van der Waals surface area (Å²) in [4.78, 5) is 32.4. The fourth-order valence-corrected chi connectivity index (χ4v) is 6.37. The molecule has 2 amide bonds. The number of hydrogen-bond donors (Lipinski definition) is 1. The van der Waals surface area contributed by atoms with Crippen LogP contribution in [0.2, 0.25) is 5.02 Å². The van der Waals surface area contributed by atoms with E-state index < -0.39 is 23.6 Å². The van der Waals surface area contributed by atoms with Crippen molar-refractivity contribution in [3.8, 4) is 0 Å². The molecule has 0 unspecified atom stereocenters. The molecule has 0 aliphatic carbocycles. The van der Waals surface area contributed by atoms with Gasteiger partial charge in [-0.15, -0.1) is 0 Å². The molecule has 3 heterocycles. The Hall–Kier alpha value is -2.04. The molecule has 1 spiro atoms. The predicted molar refractivity (Wildman–Crippen MR) is 140 cm³/mol. The van der Waals surface area contributed by atoms with Crippen molar-refractivity contribution >= 4 is 29.1 Å². The molecule has 3 saturated heterocycles. The standard InChI is InChI=1S/C27H38ClF3N4O3/c1-18(2)26(38,27(29,30)31)24(37)34-13-9-25(10-14-34)16-35(17-25)19-7-11-33(12-8-19)20-5-6-21(22(28)15-20)23(36)32(3)4/h5-6,15,18-19,38H,7-14,16-17H2,1-4H3/t26-/m0/s1. The minimum Gasteiger partial charge on any atom is -0.372 e. The van der Waals surface area contributed by atoms with Gasteiger partial charge >= 0.3 is 6.18 Å². The van der Waals surface area contributed by atoms with E-state index in [1.54, 1.807) is 20.2 Å². The SMILES string of the molecule is CC(C)[C@](O)(C(=O)N1CCC2(CC1)CN(C1CCN(c3ccc(C(=O)N(C)C)c(Cl)c3)CC1)C2)C(F)(F)F. The van der Waals surface area contributed by atoms with Gasteiger partial charge in [-0.1, -0.05) is 25.4 Å². The van der Waals surface area contributed by atoms with Gasteiger partial charge < -0.3 is 19.8 Å². The van der Waals surface area contributed by atoms with E-state index in [-0.39, 0.29) is 24.4 Å². The summed E-state index contributed by atoms with van der Waals surface area (Å²) in [6.45, 7) is 6.45. The number of alkyl halides is 3. The second kappa shape index (κ2) is 10.5. The maximum absolute atomic E-state index is 13.6. The van der Waals surface area contributed by atoms with Gasteiger partial charge in [0.1, 0.15) is 0 Å². The molecule has 3 aliphatic heterocycles. The normalized spacial score (nSPS) is 22.4. The minimum atomic E-state index is -5.01. The van der Waals surface area contributed by atoms with Crippen LogP contribution in [-0.4, -0.2) is 103 Å². The highest BCUT2D eigenvalue weighted by Gasteiger charge is 2.63. The number of aliphatic hydroxyl groups is 1. The Bertz CT molecular complexity index is 1040. The molecular weight excluding hydrogens is 521 g/mol. The van der Waals surface area contributed by atoms with Crippen LogP contribution < -0.4 is 4.90 Å². The Morgan fingerprint density at radius 2 is 1.66 bits per heavy atom. The largest absolute Gasteiger partial charge is 0.426 e. The van der Waals surface area contributed by atoms with Crippen molar-refractivity contribution in [3.63, 3.8) is 0 Å². The van der Waals surface area contributed by atoms with Crippen LogP contribution >= 0.6 is 11.6 Å². The second-order valence-corrected chi connectivity index (χ2v) is 12.1. The van der Waals surface area contributed by atoms with Crippen LogP contribution in [0.1, 0.15) is 49.9 Å². The van der Waals surface area contributed by atoms with E-state index in [0.29, 0.717) is 29.5 Å². The summed E-state index contributed by atoms with van der Waals surface area (Å²) >= 11 is 6.40. The fourth-order valence-electron chi connectivity index (χ4n) is 6.11. The van der Waals surface area contributed by atoms with Crippen molar-refractivity contribution in [2.75, 3.05) is 58.3 Å². The number of carbonyl (C=O) groups excluding carboxylic acids is 2. The molecule has 0 saturated carbocycles. The zero-order chi connectivity index (χ0) is 28.0. The molecule has 7 nitrogen and oxygen atoms in total. The molecule has 1 aromatic carbocycles. The van der Waals surface area contributed by atoms with E-state index >= 15 is 0 Å². The van der Waals surface area contributed by atoms with Crippen LogP contribution in [0.15, 0.2) is 18.2 Å². The van der Waals surface area contributed by atoms with Gasteiger partial charge in [0.05, 0.1) is 10.6 Å². The third-order valence-corrected chi connectivity index (χ3v) is 9.03. The quantitative estimate of drug-likeness (QED) is 0.594. The van der Waals surface area contributed by atoms with E-state index in [9.17, 15) is 27.9 Å². The molecule has 0 radical (unpaired) electrons. The first-order valence-corrected chi connectivity index (χ1v) is 13.6. The Morgan fingerprint density at radius 3 is 2.13 bits per heavy atom. The van der Waals surface area contributed by atoms with E-state index in [4.69, 9.17) is 11.6 Å². The second-order valence-electron chi connectivity index (χ2n) is 11.7. The van der Waals surface area contributed by atoms with Crippen LogP contribution in [0.5, 0.6) is 0 Å². The van der Waals surface area contributed by atoms with Crippen molar-refractivity contribution in [2.45, 2.75) is 57.3 Å². The van der Waals surface area contributed by atoms with E-state index in [1.165, 1.54) is 23.6 Å². The lowest BCUT2D eigenvalue weighted by Gasteiger charge is -2.57. The Kier molecular flexibility index (Phi) is 8.00. The highest BCUT2D eigenvalue weighted by Crippen LogP contribution is 2.45. The smallest absolute Gasteiger partial charge is 0.372 e. The number of hydrogen-bond acceptors (Lipinski definition) is 5. The Morgan fingerprint density at radius 1 is 1.08 bits per heavy atom. The molecule has 3 fully saturated rings. The third kappa shape index (κ3) is 5.23. The summed E-state index contributed by atoms with van der Waals surface area (Å²) in [6.07, 6.45) is -1.73. The molecule has 11 heteroatoms. The first-order chi connectivity index (χ1) is 17.7. The molecule has 1 N–H and O–H groups in total. The highest BCUT2D eigenvalue weighted by atomic mass is 35.5. The van der Waals surface area contributed by atoms with E-state index in [1.807, 2.05) is 12.1 Å². The van der Waals surface area contributed by atoms with Gasteiger partial charge in [-0.2, -0.15) is 13.2 Å². The number of anilines is 1. The van der Waals surface area contributed by atoms with Gasteiger partial charge in [0.25, 0.3) is 11.8 Å². The number of amides is 2. The molecule has 0 bridgehead atoms. The maximum atomic E-state index is 13.6. The van der Waals surface area contributed by atoms with Crippen LogP contribution in [0.25, 0.3) is 0 Å². The number of nitrogens with zero attached hydrogens (tertiary/aromatic N) is 4. The molecule has 1 atom stereocenters.